The highest BCUT2D eigenvalue weighted by atomic mass is 79.9. The molecular weight excluding hydrogens is 416 g/mol. The van der Waals surface area contributed by atoms with E-state index < -0.39 is 0 Å². The van der Waals surface area contributed by atoms with E-state index >= 15 is 0 Å². The summed E-state index contributed by atoms with van der Waals surface area (Å²) in [6, 6.07) is 6.62. The topological polar surface area (TPSA) is 78.8 Å². The van der Waals surface area contributed by atoms with Crippen LogP contribution in [0.1, 0.15) is 15.9 Å². The van der Waals surface area contributed by atoms with Crippen LogP contribution in [0.2, 0.25) is 0 Å². The van der Waals surface area contributed by atoms with Gasteiger partial charge >= 0.3 is 0 Å². The zero-order chi connectivity index (χ0) is 19.8. The molecule has 7 nitrogen and oxygen atoms in total. The number of carbonyl (C=O) groups is 1. The Labute approximate surface area is 166 Å². The lowest BCUT2D eigenvalue weighted by molar-refractivity contribution is 0.0953. The second-order valence-electron chi connectivity index (χ2n) is 5.75. The number of nitrogens with zero attached hydrogens (tertiary/aromatic N) is 1. The van der Waals surface area contributed by atoms with Gasteiger partial charge in [-0.3, -0.25) is 9.59 Å². The first kappa shape index (κ1) is 21.0. The summed E-state index contributed by atoms with van der Waals surface area (Å²) in [5.41, 5.74) is 1.24. The average molecular weight is 439 g/mol. The van der Waals surface area contributed by atoms with Crippen LogP contribution in [-0.4, -0.2) is 45.0 Å². The van der Waals surface area contributed by atoms with Crippen molar-refractivity contribution >= 4 is 21.8 Å². The number of aromatic nitrogens is 1. The van der Waals surface area contributed by atoms with Gasteiger partial charge in [0.05, 0.1) is 26.4 Å². The van der Waals surface area contributed by atoms with Crippen molar-refractivity contribution in [2.75, 3.05) is 34.5 Å². The highest BCUT2D eigenvalue weighted by Gasteiger charge is 2.11. The van der Waals surface area contributed by atoms with Gasteiger partial charge in [0.1, 0.15) is 0 Å². The minimum atomic E-state index is -0.238. The van der Waals surface area contributed by atoms with Crippen molar-refractivity contribution in [3.8, 4) is 11.5 Å². The van der Waals surface area contributed by atoms with Crippen LogP contribution >= 0.6 is 15.9 Å². The molecule has 0 radical (unpaired) electrons. The summed E-state index contributed by atoms with van der Waals surface area (Å²) in [6.45, 7) is 1.23. The predicted octanol–water partition coefficient (Wildman–Crippen LogP) is 2.25. The molecule has 2 rings (SSSR count). The van der Waals surface area contributed by atoms with Crippen LogP contribution in [0.4, 0.5) is 0 Å². The number of amides is 1. The quantitative estimate of drug-likeness (QED) is 0.649. The number of nitrogens with one attached hydrogen (secondary N) is 1. The van der Waals surface area contributed by atoms with E-state index in [4.69, 9.17) is 14.2 Å². The van der Waals surface area contributed by atoms with Gasteiger partial charge in [0, 0.05) is 36.9 Å². The van der Waals surface area contributed by atoms with Crippen LogP contribution < -0.4 is 20.3 Å². The van der Waals surface area contributed by atoms with Gasteiger partial charge in [-0.2, -0.15) is 0 Å². The van der Waals surface area contributed by atoms with Gasteiger partial charge in [0.15, 0.2) is 11.5 Å². The van der Waals surface area contributed by atoms with Crippen molar-refractivity contribution in [3.63, 3.8) is 0 Å². The Balaban J connectivity index is 2.01. The molecule has 146 valence electrons. The van der Waals surface area contributed by atoms with Gasteiger partial charge in [-0.25, -0.2) is 0 Å². The largest absolute Gasteiger partial charge is 0.493 e. The molecule has 0 spiro atoms. The van der Waals surface area contributed by atoms with E-state index in [2.05, 4.69) is 21.2 Å². The van der Waals surface area contributed by atoms with Gasteiger partial charge in [-0.05, 0) is 30.2 Å². The van der Waals surface area contributed by atoms with E-state index in [9.17, 15) is 9.59 Å². The molecule has 0 aliphatic carbocycles. The second kappa shape index (κ2) is 10.1. The SMILES string of the molecule is COCCn1cc(C(=O)NCCc2cc(OC)c(OC)cc2Br)ccc1=O. The molecule has 0 aliphatic heterocycles. The Morgan fingerprint density at radius 3 is 2.52 bits per heavy atom. The summed E-state index contributed by atoms with van der Waals surface area (Å²) in [6.07, 6.45) is 2.15. The molecule has 0 bridgehead atoms. The molecule has 1 N–H and O–H groups in total. The van der Waals surface area contributed by atoms with Gasteiger partial charge in [-0.1, -0.05) is 15.9 Å². The Hall–Kier alpha value is -2.32. The van der Waals surface area contributed by atoms with Crippen LogP contribution in [0, 0.1) is 0 Å². The van der Waals surface area contributed by atoms with Gasteiger partial charge in [0.2, 0.25) is 0 Å². The number of hydrogen-bond acceptors (Lipinski definition) is 5. The molecule has 8 heteroatoms. The van der Waals surface area contributed by atoms with Crippen LogP contribution in [0.3, 0.4) is 0 Å². The maximum absolute atomic E-state index is 12.4. The molecule has 1 aromatic carbocycles. The van der Waals surface area contributed by atoms with Crippen molar-refractivity contribution in [2.24, 2.45) is 0 Å². The number of hydrogen-bond donors (Lipinski definition) is 1. The Kier molecular flexibility index (Phi) is 7.87. The number of rotatable bonds is 9. The highest BCUT2D eigenvalue weighted by Crippen LogP contribution is 2.33. The van der Waals surface area contributed by atoms with E-state index in [1.807, 2.05) is 12.1 Å². The third-order valence-electron chi connectivity index (χ3n) is 4.01. The first-order valence-electron chi connectivity index (χ1n) is 8.38. The minimum absolute atomic E-state index is 0.169. The summed E-state index contributed by atoms with van der Waals surface area (Å²) < 4.78 is 17.9. The summed E-state index contributed by atoms with van der Waals surface area (Å²) in [5, 5.41) is 2.87. The van der Waals surface area contributed by atoms with Crippen molar-refractivity contribution in [2.45, 2.75) is 13.0 Å². The fourth-order valence-electron chi connectivity index (χ4n) is 2.53. The lowest BCUT2D eigenvalue weighted by Crippen LogP contribution is -2.28. The highest BCUT2D eigenvalue weighted by molar-refractivity contribution is 9.10. The summed E-state index contributed by atoms with van der Waals surface area (Å²) in [5.74, 6) is 1.03. The van der Waals surface area contributed by atoms with Crippen LogP contribution in [0.5, 0.6) is 11.5 Å². The van der Waals surface area contributed by atoms with Gasteiger partial charge in [0.25, 0.3) is 11.5 Å². The number of ether oxygens (including phenoxy) is 3. The third kappa shape index (κ3) is 5.58. The maximum atomic E-state index is 12.4. The Morgan fingerprint density at radius 2 is 1.85 bits per heavy atom. The van der Waals surface area contributed by atoms with E-state index in [1.165, 1.54) is 16.7 Å². The molecule has 1 amide bonds. The second-order valence-corrected chi connectivity index (χ2v) is 6.60. The Morgan fingerprint density at radius 1 is 1.15 bits per heavy atom. The lowest BCUT2D eigenvalue weighted by Gasteiger charge is -2.12. The molecule has 0 saturated heterocycles. The average Bonchev–Trinajstić information content (AvgIpc) is 2.68. The maximum Gasteiger partial charge on any atom is 0.252 e. The van der Waals surface area contributed by atoms with E-state index in [0.29, 0.717) is 43.2 Å². The fourth-order valence-corrected chi connectivity index (χ4v) is 3.05. The molecular formula is C19H23BrN2O5. The molecule has 0 fully saturated rings. The molecule has 0 saturated carbocycles. The monoisotopic (exact) mass is 438 g/mol. The zero-order valence-electron chi connectivity index (χ0n) is 15.6. The lowest BCUT2D eigenvalue weighted by atomic mass is 10.1. The van der Waals surface area contributed by atoms with Gasteiger partial charge < -0.3 is 24.1 Å². The van der Waals surface area contributed by atoms with Gasteiger partial charge in [-0.15, -0.1) is 0 Å². The fraction of sp³-hybridized carbons (Fsp3) is 0.368. The van der Waals surface area contributed by atoms with Crippen molar-refractivity contribution in [1.29, 1.82) is 0 Å². The molecule has 27 heavy (non-hydrogen) atoms. The summed E-state index contributed by atoms with van der Waals surface area (Å²) in [7, 11) is 4.72. The summed E-state index contributed by atoms with van der Waals surface area (Å²) >= 11 is 3.51. The van der Waals surface area contributed by atoms with E-state index in [0.717, 1.165) is 10.0 Å². The number of benzene rings is 1. The molecule has 2 aromatic rings. The first-order chi connectivity index (χ1) is 13.0. The molecule has 0 aliphatic rings. The van der Waals surface area contributed by atoms with E-state index in [-0.39, 0.29) is 11.5 Å². The number of halogens is 1. The Bertz CT molecular complexity index is 850. The number of pyridine rings is 1. The number of carbonyl (C=O) groups excluding carboxylic acids is 1. The molecule has 1 aromatic heterocycles. The molecule has 0 atom stereocenters. The number of methoxy groups -OCH3 is 3. The predicted molar refractivity (Wildman–Crippen MR) is 106 cm³/mol. The first-order valence-corrected chi connectivity index (χ1v) is 9.17. The normalized spacial score (nSPS) is 10.5. The molecule has 0 unspecified atom stereocenters. The minimum Gasteiger partial charge on any atom is -0.493 e. The van der Waals surface area contributed by atoms with Crippen molar-refractivity contribution < 1.29 is 19.0 Å². The van der Waals surface area contributed by atoms with Crippen LogP contribution in [0.15, 0.2) is 39.7 Å². The molecule has 1 heterocycles. The zero-order valence-corrected chi connectivity index (χ0v) is 17.2. The summed E-state index contributed by atoms with van der Waals surface area (Å²) in [4.78, 5) is 24.2. The van der Waals surface area contributed by atoms with Crippen LogP contribution in [-0.2, 0) is 17.7 Å². The third-order valence-corrected chi connectivity index (χ3v) is 4.75. The van der Waals surface area contributed by atoms with Crippen LogP contribution in [0.25, 0.3) is 0 Å². The smallest absolute Gasteiger partial charge is 0.252 e. The standard InChI is InChI=1S/C19H23BrN2O5/c1-25-9-8-22-12-14(4-5-18(22)23)19(24)21-7-6-13-10-16(26-2)17(27-3)11-15(13)20/h4-5,10-12H,6-9H2,1-3H3,(H,21,24). The van der Waals surface area contributed by atoms with Crippen molar-refractivity contribution in [3.05, 3.63) is 56.4 Å². The van der Waals surface area contributed by atoms with Crippen molar-refractivity contribution in [1.82, 2.24) is 9.88 Å². The van der Waals surface area contributed by atoms with E-state index in [1.54, 1.807) is 27.5 Å².